The van der Waals surface area contributed by atoms with Crippen LogP contribution >= 0.6 is 12.2 Å². The molecule has 0 saturated carbocycles. The molecular formula is C18H19N3O2S. The van der Waals surface area contributed by atoms with E-state index in [1.54, 1.807) is 12.1 Å². The first kappa shape index (κ1) is 16.5. The van der Waals surface area contributed by atoms with E-state index in [1.807, 2.05) is 12.1 Å². The highest BCUT2D eigenvalue weighted by atomic mass is 32.1. The van der Waals surface area contributed by atoms with Crippen LogP contribution in [0.25, 0.3) is 0 Å². The van der Waals surface area contributed by atoms with Gasteiger partial charge in [0.15, 0.2) is 0 Å². The van der Waals surface area contributed by atoms with Gasteiger partial charge < -0.3 is 4.90 Å². The number of non-ortho nitro benzene ring substituents is 1. The highest BCUT2D eigenvalue weighted by Gasteiger charge is 2.20. The van der Waals surface area contributed by atoms with Crippen LogP contribution in [-0.2, 0) is 6.54 Å². The van der Waals surface area contributed by atoms with E-state index in [0.29, 0.717) is 4.99 Å². The molecule has 24 heavy (non-hydrogen) atoms. The molecule has 0 amide bonds. The smallest absolute Gasteiger partial charge is 0.270 e. The van der Waals surface area contributed by atoms with Crippen molar-refractivity contribution in [3.05, 3.63) is 75.8 Å². The first-order chi connectivity index (χ1) is 11.6. The summed E-state index contributed by atoms with van der Waals surface area (Å²) in [7, 11) is 0. The van der Waals surface area contributed by atoms with Crippen molar-refractivity contribution in [3.63, 3.8) is 0 Å². The third-order valence-electron chi connectivity index (χ3n) is 4.21. The molecule has 0 unspecified atom stereocenters. The van der Waals surface area contributed by atoms with Crippen LogP contribution in [0.5, 0.6) is 0 Å². The second-order valence-corrected chi connectivity index (χ2v) is 6.25. The molecule has 1 aliphatic heterocycles. The van der Waals surface area contributed by atoms with Gasteiger partial charge >= 0.3 is 0 Å². The van der Waals surface area contributed by atoms with Crippen molar-refractivity contribution in [2.75, 3.05) is 26.2 Å². The summed E-state index contributed by atoms with van der Waals surface area (Å²) >= 11 is 5.54. The Morgan fingerprint density at radius 2 is 1.75 bits per heavy atom. The van der Waals surface area contributed by atoms with Crippen molar-refractivity contribution in [2.24, 2.45) is 0 Å². The van der Waals surface area contributed by atoms with Crippen molar-refractivity contribution in [3.8, 4) is 0 Å². The van der Waals surface area contributed by atoms with Crippen LogP contribution in [0.3, 0.4) is 0 Å². The van der Waals surface area contributed by atoms with Gasteiger partial charge in [0.25, 0.3) is 5.69 Å². The molecule has 2 aromatic rings. The zero-order valence-corrected chi connectivity index (χ0v) is 14.1. The number of hydrogen-bond acceptors (Lipinski definition) is 4. The van der Waals surface area contributed by atoms with E-state index in [-0.39, 0.29) is 10.6 Å². The van der Waals surface area contributed by atoms with Gasteiger partial charge in [0.1, 0.15) is 4.99 Å². The summed E-state index contributed by atoms with van der Waals surface area (Å²) in [6, 6.07) is 17.0. The quantitative estimate of drug-likeness (QED) is 0.486. The molecule has 0 spiro atoms. The maximum atomic E-state index is 10.9. The minimum atomic E-state index is -0.385. The lowest BCUT2D eigenvalue weighted by Gasteiger charge is -2.36. The molecule has 1 heterocycles. The first-order valence-corrected chi connectivity index (χ1v) is 8.34. The van der Waals surface area contributed by atoms with Gasteiger partial charge in [0.05, 0.1) is 4.92 Å². The number of benzene rings is 2. The molecule has 3 rings (SSSR count). The predicted molar refractivity (Wildman–Crippen MR) is 98.1 cm³/mol. The molecule has 0 N–H and O–H groups in total. The van der Waals surface area contributed by atoms with Gasteiger partial charge in [-0.3, -0.25) is 15.0 Å². The number of rotatable bonds is 4. The maximum absolute atomic E-state index is 10.9. The molecule has 1 fully saturated rings. The Morgan fingerprint density at radius 3 is 2.42 bits per heavy atom. The van der Waals surface area contributed by atoms with E-state index in [4.69, 9.17) is 12.2 Å². The van der Waals surface area contributed by atoms with Gasteiger partial charge in [-0.15, -0.1) is 0 Å². The van der Waals surface area contributed by atoms with E-state index < -0.39 is 0 Å². The number of thiocarbonyl (C=S) groups is 1. The SMILES string of the molecule is O=[N+]([O-])c1cccc(C(=S)N2CCN(Cc3ccccc3)CC2)c1. The van der Waals surface area contributed by atoms with Crippen molar-refractivity contribution < 1.29 is 4.92 Å². The van der Waals surface area contributed by atoms with Crippen LogP contribution in [0.1, 0.15) is 11.1 Å². The molecule has 1 saturated heterocycles. The van der Waals surface area contributed by atoms with E-state index in [1.165, 1.54) is 11.6 Å². The Labute approximate surface area is 146 Å². The first-order valence-electron chi connectivity index (χ1n) is 7.93. The van der Waals surface area contributed by atoms with Gasteiger partial charge in [-0.05, 0) is 5.56 Å². The monoisotopic (exact) mass is 341 g/mol. The Bertz CT molecular complexity index is 728. The molecule has 6 heteroatoms. The topological polar surface area (TPSA) is 49.6 Å². The highest BCUT2D eigenvalue weighted by molar-refractivity contribution is 7.80. The average molecular weight is 341 g/mol. The summed E-state index contributed by atoms with van der Waals surface area (Å²) in [6.45, 7) is 4.49. The minimum Gasteiger partial charge on any atom is -0.360 e. The summed E-state index contributed by atoms with van der Waals surface area (Å²) in [5.74, 6) is 0. The Morgan fingerprint density at radius 1 is 1.04 bits per heavy atom. The number of nitro benzene ring substituents is 1. The van der Waals surface area contributed by atoms with E-state index in [0.717, 1.165) is 38.3 Å². The van der Waals surface area contributed by atoms with Crippen molar-refractivity contribution in [1.29, 1.82) is 0 Å². The predicted octanol–water partition coefficient (Wildman–Crippen LogP) is 3.09. The highest BCUT2D eigenvalue weighted by Crippen LogP contribution is 2.17. The van der Waals surface area contributed by atoms with Gasteiger partial charge in [-0.25, -0.2) is 0 Å². The molecule has 2 aromatic carbocycles. The van der Waals surface area contributed by atoms with Crippen LogP contribution in [0, 0.1) is 10.1 Å². The Kier molecular flexibility index (Phi) is 5.17. The summed E-state index contributed by atoms with van der Waals surface area (Å²) < 4.78 is 0. The van der Waals surface area contributed by atoms with Gasteiger partial charge in [0.2, 0.25) is 0 Å². The molecule has 1 aliphatic rings. The van der Waals surface area contributed by atoms with Crippen molar-refractivity contribution in [1.82, 2.24) is 9.80 Å². The summed E-state index contributed by atoms with van der Waals surface area (Å²) in [5.41, 5.74) is 2.14. The fourth-order valence-corrected chi connectivity index (χ4v) is 3.20. The van der Waals surface area contributed by atoms with E-state index in [2.05, 4.69) is 34.1 Å². The number of nitrogens with zero attached hydrogens (tertiary/aromatic N) is 3. The lowest BCUT2D eigenvalue weighted by Crippen LogP contribution is -2.48. The fourth-order valence-electron chi connectivity index (χ4n) is 2.89. The molecule has 0 atom stereocenters. The van der Waals surface area contributed by atoms with Crippen molar-refractivity contribution >= 4 is 22.9 Å². The van der Waals surface area contributed by atoms with E-state index in [9.17, 15) is 10.1 Å². The van der Waals surface area contributed by atoms with Crippen LogP contribution < -0.4 is 0 Å². The minimum absolute atomic E-state index is 0.0811. The van der Waals surface area contributed by atoms with Crippen LogP contribution in [0.4, 0.5) is 5.69 Å². The molecule has 0 radical (unpaired) electrons. The van der Waals surface area contributed by atoms with Gasteiger partial charge in [-0.2, -0.15) is 0 Å². The second kappa shape index (κ2) is 7.51. The normalized spacial score (nSPS) is 15.2. The summed E-state index contributed by atoms with van der Waals surface area (Å²) in [6.07, 6.45) is 0. The largest absolute Gasteiger partial charge is 0.360 e. The molecule has 124 valence electrons. The standard InChI is InChI=1S/C18H19N3O2S/c22-21(23)17-8-4-7-16(13-17)18(24)20-11-9-19(10-12-20)14-15-5-2-1-3-6-15/h1-8,13H,9-12,14H2. The molecule has 5 nitrogen and oxygen atoms in total. The van der Waals surface area contributed by atoms with Crippen LogP contribution in [0.15, 0.2) is 54.6 Å². The number of piperazine rings is 1. The lowest BCUT2D eigenvalue weighted by atomic mass is 10.1. The van der Waals surface area contributed by atoms with Crippen LogP contribution in [0.2, 0.25) is 0 Å². The maximum Gasteiger partial charge on any atom is 0.270 e. The van der Waals surface area contributed by atoms with Crippen LogP contribution in [-0.4, -0.2) is 45.9 Å². The molecule has 0 aromatic heterocycles. The average Bonchev–Trinajstić information content (AvgIpc) is 2.63. The Balaban J connectivity index is 1.59. The summed E-state index contributed by atoms with van der Waals surface area (Å²) in [5, 5.41) is 10.9. The van der Waals surface area contributed by atoms with Gasteiger partial charge in [-0.1, -0.05) is 54.7 Å². The number of hydrogen-bond donors (Lipinski definition) is 0. The second-order valence-electron chi connectivity index (χ2n) is 5.86. The zero-order valence-electron chi connectivity index (χ0n) is 13.3. The fraction of sp³-hybridized carbons (Fsp3) is 0.278. The third-order valence-corrected chi connectivity index (χ3v) is 4.71. The molecular weight excluding hydrogens is 322 g/mol. The van der Waals surface area contributed by atoms with Crippen molar-refractivity contribution in [2.45, 2.75) is 6.54 Å². The molecule has 0 aliphatic carbocycles. The zero-order chi connectivity index (χ0) is 16.9. The number of nitro groups is 1. The van der Waals surface area contributed by atoms with Gasteiger partial charge in [0, 0.05) is 50.4 Å². The third kappa shape index (κ3) is 3.96. The Hall–Kier alpha value is -2.31. The summed E-state index contributed by atoms with van der Waals surface area (Å²) in [4.78, 5) is 15.8. The molecule has 0 bridgehead atoms. The van der Waals surface area contributed by atoms with E-state index >= 15 is 0 Å². The lowest BCUT2D eigenvalue weighted by molar-refractivity contribution is -0.384.